The summed E-state index contributed by atoms with van der Waals surface area (Å²) in [7, 11) is 4.16. The van der Waals surface area contributed by atoms with E-state index in [1.54, 1.807) is 24.5 Å². The van der Waals surface area contributed by atoms with Crippen molar-refractivity contribution in [2.24, 2.45) is 0 Å². The monoisotopic (exact) mass is 426 g/mol. The van der Waals surface area contributed by atoms with Crippen LogP contribution in [0.1, 0.15) is 11.3 Å². The average molecular weight is 427 g/mol. The first kappa shape index (κ1) is 21.3. The second-order valence-corrected chi connectivity index (χ2v) is 7.70. The molecule has 3 aromatic heterocycles. The van der Waals surface area contributed by atoms with Crippen molar-refractivity contribution in [3.63, 3.8) is 0 Å². The maximum Gasteiger partial charge on any atom is 0.229 e. The molecule has 4 rings (SSSR count). The molecular formula is C24H26N8. The molecule has 1 aromatic carbocycles. The number of benzene rings is 1. The Balaban J connectivity index is 1.44. The third kappa shape index (κ3) is 5.83. The molecule has 0 unspecified atom stereocenters. The second kappa shape index (κ2) is 9.93. The Labute approximate surface area is 187 Å². The highest BCUT2D eigenvalue weighted by molar-refractivity contribution is 5.59. The minimum absolute atomic E-state index is 0.505. The molecule has 2 N–H and O–H groups in total. The van der Waals surface area contributed by atoms with Gasteiger partial charge in [-0.3, -0.25) is 0 Å². The molecule has 4 aromatic rings. The maximum absolute atomic E-state index is 4.56. The van der Waals surface area contributed by atoms with Crippen molar-refractivity contribution in [1.82, 2.24) is 29.8 Å². The first-order valence-corrected chi connectivity index (χ1v) is 10.4. The van der Waals surface area contributed by atoms with Crippen LogP contribution in [-0.4, -0.2) is 50.5 Å². The van der Waals surface area contributed by atoms with E-state index in [4.69, 9.17) is 0 Å². The number of hydrogen-bond acceptors (Lipinski definition) is 8. The zero-order valence-corrected chi connectivity index (χ0v) is 18.4. The molecule has 0 radical (unpaired) electrons. The zero-order chi connectivity index (χ0) is 22.3. The standard InChI is InChI=1S/C24H26N8/c1-17-5-4-6-20(27-17)23-25-14-11-21(30-23)29-22-12-15-26-24(31-22)28-19-9-7-18(8-10-19)13-16-32(2)3/h4-12,14-15H,13,16H2,1-3H3,(H2,25,26,28,29,30,31). The molecule has 0 saturated heterocycles. The quantitative estimate of drug-likeness (QED) is 0.433. The summed E-state index contributed by atoms with van der Waals surface area (Å²) < 4.78 is 0. The van der Waals surface area contributed by atoms with E-state index in [1.165, 1.54) is 5.56 Å². The smallest absolute Gasteiger partial charge is 0.229 e. The number of likely N-dealkylation sites (N-methyl/N-ethyl adjacent to an activating group) is 1. The van der Waals surface area contributed by atoms with E-state index >= 15 is 0 Å². The van der Waals surface area contributed by atoms with Gasteiger partial charge in [-0.15, -0.1) is 0 Å². The number of aryl methyl sites for hydroxylation is 1. The van der Waals surface area contributed by atoms with Crippen LogP contribution in [0, 0.1) is 6.92 Å². The third-order valence-electron chi connectivity index (χ3n) is 4.74. The van der Waals surface area contributed by atoms with Crippen LogP contribution in [0.5, 0.6) is 0 Å². The Morgan fingerprint density at radius 3 is 2.28 bits per heavy atom. The molecule has 0 amide bonds. The van der Waals surface area contributed by atoms with Crippen molar-refractivity contribution in [3.05, 3.63) is 78.2 Å². The highest BCUT2D eigenvalue weighted by Gasteiger charge is 2.06. The van der Waals surface area contributed by atoms with Crippen molar-refractivity contribution < 1.29 is 0 Å². The highest BCUT2D eigenvalue weighted by atomic mass is 15.2. The fourth-order valence-corrected chi connectivity index (χ4v) is 3.08. The van der Waals surface area contributed by atoms with E-state index in [0.717, 1.165) is 30.0 Å². The van der Waals surface area contributed by atoms with Crippen molar-refractivity contribution in [1.29, 1.82) is 0 Å². The lowest BCUT2D eigenvalue weighted by atomic mass is 10.1. The van der Waals surface area contributed by atoms with Gasteiger partial charge in [-0.2, -0.15) is 4.98 Å². The molecule has 0 spiro atoms. The molecule has 162 valence electrons. The topological polar surface area (TPSA) is 91.8 Å². The number of nitrogens with one attached hydrogen (secondary N) is 2. The van der Waals surface area contributed by atoms with Gasteiger partial charge in [0.2, 0.25) is 5.95 Å². The Bertz CT molecular complexity index is 1170. The molecule has 8 heteroatoms. The largest absolute Gasteiger partial charge is 0.325 e. The van der Waals surface area contributed by atoms with Crippen LogP contribution in [0.2, 0.25) is 0 Å². The molecule has 0 atom stereocenters. The van der Waals surface area contributed by atoms with Crippen LogP contribution >= 0.6 is 0 Å². The van der Waals surface area contributed by atoms with Gasteiger partial charge in [0.05, 0.1) is 0 Å². The zero-order valence-electron chi connectivity index (χ0n) is 18.4. The van der Waals surface area contributed by atoms with Crippen LogP contribution < -0.4 is 10.6 Å². The van der Waals surface area contributed by atoms with Crippen molar-refractivity contribution >= 4 is 23.3 Å². The van der Waals surface area contributed by atoms with Crippen molar-refractivity contribution in [2.75, 3.05) is 31.3 Å². The lowest BCUT2D eigenvalue weighted by molar-refractivity contribution is 0.413. The molecule has 0 bridgehead atoms. The first-order chi connectivity index (χ1) is 15.5. The number of hydrogen-bond donors (Lipinski definition) is 2. The second-order valence-electron chi connectivity index (χ2n) is 7.70. The van der Waals surface area contributed by atoms with E-state index in [2.05, 4.69) is 66.7 Å². The van der Waals surface area contributed by atoms with E-state index in [0.29, 0.717) is 23.4 Å². The SMILES string of the molecule is Cc1cccc(-c2nccc(Nc3ccnc(Nc4ccc(CCN(C)C)cc4)n3)n2)n1. The Morgan fingerprint density at radius 1 is 0.781 bits per heavy atom. The number of pyridine rings is 1. The van der Waals surface area contributed by atoms with Gasteiger partial charge in [0, 0.05) is 30.3 Å². The number of rotatable bonds is 8. The minimum Gasteiger partial charge on any atom is -0.325 e. The number of anilines is 4. The minimum atomic E-state index is 0.505. The molecule has 0 aliphatic heterocycles. The molecule has 0 aliphatic rings. The van der Waals surface area contributed by atoms with E-state index < -0.39 is 0 Å². The summed E-state index contributed by atoms with van der Waals surface area (Å²) in [6, 6.07) is 17.7. The molecule has 32 heavy (non-hydrogen) atoms. The fourth-order valence-electron chi connectivity index (χ4n) is 3.08. The van der Waals surface area contributed by atoms with Crippen LogP contribution in [0.15, 0.2) is 67.0 Å². The maximum atomic E-state index is 4.56. The Kier molecular flexibility index (Phi) is 6.62. The van der Waals surface area contributed by atoms with Crippen molar-refractivity contribution in [2.45, 2.75) is 13.3 Å². The summed E-state index contributed by atoms with van der Waals surface area (Å²) in [4.78, 5) is 24.4. The van der Waals surface area contributed by atoms with Gasteiger partial charge in [0.15, 0.2) is 5.82 Å². The number of nitrogens with zero attached hydrogens (tertiary/aromatic N) is 6. The summed E-state index contributed by atoms with van der Waals surface area (Å²) in [5, 5.41) is 6.47. The summed E-state index contributed by atoms with van der Waals surface area (Å²) >= 11 is 0. The molecule has 0 fully saturated rings. The van der Waals surface area contributed by atoms with Crippen LogP contribution in [0.3, 0.4) is 0 Å². The van der Waals surface area contributed by atoms with Gasteiger partial charge in [0.1, 0.15) is 17.3 Å². The molecule has 0 saturated carbocycles. The number of aromatic nitrogens is 5. The van der Waals surface area contributed by atoms with Crippen LogP contribution in [-0.2, 0) is 6.42 Å². The highest BCUT2D eigenvalue weighted by Crippen LogP contribution is 2.19. The van der Waals surface area contributed by atoms with Crippen molar-refractivity contribution in [3.8, 4) is 11.5 Å². The summed E-state index contributed by atoms with van der Waals surface area (Å²) in [5.41, 5.74) is 3.88. The van der Waals surface area contributed by atoms with E-state index in [1.807, 2.05) is 37.3 Å². The van der Waals surface area contributed by atoms with Gasteiger partial charge in [-0.25, -0.2) is 19.9 Å². The van der Waals surface area contributed by atoms with E-state index in [-0.39, 0.29) is 0 Å². The predicted molar refractivity (Wildman–Crippen MR) is 127 cm³/mol. The molecule has 8 nitrogen and oxygen atoms in total. The van der Waals surface area contributed by atoms with Crippen LogP contribution in [0.25, 0.3) is 11.5 Å². The Hall–Kier alpha value is -3.91. The van der Waals surface area contributed by atoms with Gasteiger partial charge in [0.25, 0.3) is 0 Å². The fraction of sp³-hybridized carbons (Fsp3) is 0.208. The van der Waals surface area contributed by atoms with Gasteiger partial charge >= 0.3 is 0 Å². The first-order valence-electron chi connectivity index (χ1n) is 10.4. The van der Waals surface area contributed by atoms with Gasteiger partial charge in [-0.1, -0.05) is 18.2 Å². The summed E-state index contributed by atoms with van der Waals surface area (Å²) in [6.45, 7) is 2.96. The third-order valence-corrected chi connectivity index (χ3v) is 4.74. The van der Waals surface area contributed by atoms with Gasteiger partial charge < -0.3 is 15.5 Å². The lowest BCUT2D eigenvalue weighted by Crippen LogP contribution is -2.14. The molecule has 0 aliphatic carbocycles. The lowest BCUT2D eigenvalue weighted by Gasteiger charge is -2.11. The summed E-state index contributed by atoms with van der Waals surface area (Å²) in [6.07, 6.45) is 4.42. The summed E-state index contributed by atoms with van der Waals surface area (Å²) in [5.74, 6) is 2.33. The average Bonchev–Trinajstić information content (AvgIpc) is 2.79. The van der Waals surface area contributed by atoms with Gasteiger partial charge in [-0.05, 0) is 69.4 Å². The normalized spacial score (nSPS) is 10.9. The molecular weight excluding hydrogens is 400 g/mol. The molecule has 3 heterocycles. The Morgan fingerprint density at radius 2 is 1.53 bits per heavy atom. The van der Waals surface area contributed by atoms with Crippen LogP contribution in [0.4, 0.5) is 23.3 Å². The van der Waals surface area contributed by atoms with E-state index in [9.17, 15) is 0 Å². The predicted octanol–water partition coefficient (Wildman–Crippen LogP) is 4.23.